The monoisotopic (exact) mass is 246 g/mol. The smallest absolute Gasteiger partial charge is 0.286 e. The number of hydrogen-bond donors (Lipinski definition) is 4. The van der Waals surface area contributed by atoms with Gasteiger partial charge in [0.05, 0.1) is 24.3 Å². The van der Waals surface area contributed by atoms with E-state index in [9.17, 15) is 10.1 Å². The van der Waals surface area contributed by atoms with E-state index in [1.54, 1.807) is 0 Å². The molecule has 2 rings (SSSR count). The van der Waals surface area contributed by atoms with E-state index in [1.807, 2.05) is 0 Å². The number of aliphatic hydroxyl groups excluding tert-OH is 3. The number of nitrogens with zero attached hydrogens (tertiary/aromatic N) is 1. The Morgan fingerprint density at radius 3 is 2.53 bits per heavy atom. The summed E-state index contributed by atoms with van der Waals surface area (Å²) in [6, 6.07) is 1.40. The number of rotatable bonds is 2. The molecule has 1 aliphatic heterocycles. The lowest BCUT2D eigenvalue weighted by Gasteiger charge is -2.10. The maximum atomic E-state index is 9.85. The average molecular weight is 246 g/mol. The van der Waals surface area contributed by atoms with Crippen LogP contribution in [0, 0.1) is 10.1 Å². The van der Waals surface area contributed by atoms with E-state index in [4.69, 9.17) is 20.1 Å². The topological polar surface area (TPSA) is 129 Å². The minimum atomic E-state index is -0.921. The number of aliphatic hydroxyl groups is 3. The first-order chi connectivity index (χ1) is 8.06. The quantitative estimate of drug-likeness (QED) is 0.392. The van der Waals surface area contributed by atoms with Crippen molar-refractivity contribution in [2.45, 2.75) is 18.3 Å². The maximum absolute atomic E-state index is 9.85. The fraction of sp³-hybridized carbons (Fsp3) is 0.556. The number of nitro groups is 1. The minimum absolute atomic E-state index is 0.102. The minimum Gasteiger partial charge on any atom is -0.394 e. The second kappa shape index (κ2) is 6.30. The zero-order chi connectivity index (χ0) is 12.8. The number of aromatic amines is 1. The lowest BCUT2D eigenvalue weighted by molar-refractivity contribution is -0.384. The number of ether oxygens (including phenoxy) is 1. The normalized spacial score (nSPS) is 27.4. The predicted molar refractivity (Wildman–Crippen MR) is 56.3 cm³/mol. The summed E-state index contributed by atoms with van der Waals surface area (Å²) in [5, 5.41) is 36.0. The Balaban J connectivity index is 0.000000171. The van der Waals surface area contributed by atoms with Crippen LogP contribution < -0.4 is 0 Å². The summed E-state index contributed by atoms with van der Waals surface area (Å²) in [5.41, 5.74) is 0.102. The fourth-order valence-corrected chi connectivity index (χ4v) is 1.26. The molecule has 1 aromatic rings. The van der Waals surface area contributed by atoms with Crippen LogP contribution in [0.4, 0.5) is 5.69 Å². The van der Waals surface area contributed by atoms with Crippen LogP contribution in [-0.4, -0.2) is 56.8 Å². The van der Waals surface area contributed by atoms with Crippen LogP contribution in [0.2, 0.25) is 0 Å². The van der Waals surface area contributed by atoms with Crippen LogP contribution in [0.5, 0.6) is 0 Å². The van der Waals surface area contributed by atoms with Gasteiger partial charge in [-0.2, -0.15) is 0 Å². The molecule has 2 heterocycles. The summed E-state index contributed by atoms with van der Waals surface area (Å²) in [5.74, 6) is 0. The first-order valence-electron chi connectivity index (χ1n) is 4.92. The highest BCUT2D eigenvalue weighted by Gasteiger charge is 2.33. The number of H-pyrrole nitrogens is 1. The zero-order valence-corrected chi connectivity index (χ0v) is 8.89. The van der Waals surface area contributed by atoms with Gasteiger partial charge in [-0.05, 0) is 0 Å². The van der Waals surface area contributed by atoms with Crippen molar-refractivity contribution in [2.24, 2.45) is 0 Å². The molecule has 1 fully saturated rings. The molecule has 1 saturated heterocycles. The first kappa shape index (κ1) is 13.6. The molecule has 0 amide bonds. The Hall–Kier alpha value is -1.48. The van der Waals surface area contributed by atoms with Crippen molar-refractivity contribution < 1.29 is 25.0 Å². The van der Waals surface area contributed by atoms with Crippen molar-refractivity contribution in [2.75, 3.05) is 13.2 Å². The van der Waals surface area contributed by atoms with Crippen molar-refractivity contribution in [1.29, 1.82) is 0 Å². The second-order valence-electron chi connectivity index (χ2n) is 3.44. The molecule has 1 aliphatic rings. The van der Waals surface area contributed by atoms with Gasteiger partial charge >= 0.3 is 0 Å². The van der Waals surface area contributed by atoms with Gasteiger partial charge in [-0.3, -0.25) is 10.1 Å². The fourth-order valence-electron chi connectivity index (χ4n) is 1.26. The van der Waals surface area contributed by atoms with Gasteiger partial charge in [0.1, 0.15) is 18.3 Å². The second-order valence-corrected chi connectivity index (χ2v) is 3.44. The molecule has 0 unspecified atom stereocenters. The molecule has 3 atom stereocenters. The van der Waals surface area contributed by atoms with E-state index in [1.165, 1.54) is 18.5 Å². The largest absolute Gasteiger partial charge is 0.394 e. The Morgan fingerprint density at radius 1 is 1.59 bits per heavy atom. The third-order valence-electron chi connectivity index (χ3n) is 2.23. The molecule has 4 N–H and O–H groups in total. The molecule has 96 valence electrons. The molecule has 8 heteroatoms. The Kier molecular flexibility index (Phi) is 5.04. The van der Waals surface area contributed by atoms with Gasteiger partial charge in [0.2, 0.25) is 0 Å². The molecule has 0 radical (unpaired) electrons. The van der Waals surface area contributed by atoms with Gasteiger partial charge in [0.25, 0.3) is 5.69 Å². The summed E-state index contributed by atoms with van der Waals surface area (Å²) < 4.78 is 4.78. The van der Waals surface area contributed by atoms with Crippen molar-refractivity contribution in [3.63, 3.8) is 0 Å². The van der Waals surface area contributed by atoms with Crippen LogP contribution in [0.25, 0.3) is 0 Å². The van der Waals surface area contributed by atoms with E-state index in [-0.39, 0.29) is 18.9 Å². The third-order valence-corrected chi connectivity index (χ3v) is 2.23. The summed E-state index contributed by atoms with van der Waals surface area (Å²) in [7, 11) is 0. The van der Waals surface area contributed by atoms with Crippen LogP contribution in [0.3, 0.4) is 0 Å². The van der Waals surface area contributed by atoms with Gasteiger partial charge in [-0.25, -0.2) is 0 Å². The van der Waals surface area contributed by atoms with Crippen molar-refractivity contribution in [1.82, 2.24) is 4.98 Å². The lowest BCUT2D eigenvalue weighted by atomic mass is 10.2. The van der Waals surface area contributed by atoms with Crippen LogP contribution >= 0.6 is 0 Å². The molecule has 0 aliphatic carbocycles. The van der Waals surface area contributed by atoms with Crippen molar-refractivity contribution in [3.8, 4) is 0 Å². The molecule has 0 bridgehead atoms. The standard InChI is InChI=1S/C5H10O4.C4H4N2O2/c6-1-4-5(8)3(7)2-9-4;7-6(8)4-1-2-5-3-4/h3-8H,1-2H2;1-3,5H/t3-,4+,5-;/m0./s1. The average Bonchev–Trinajstić information content (AvgIpc) is 2.92. The van der Waals surface area contributed by atoms with E-state index in [0.29, 0.717) is 0 Å². The van der Waals surface area contributed by atoms with Crippen LogP contribution in [0.1, 0.15) is 0 Å². The highest BCUT2D eigenvalue weighted by atomic mass is 16.6. The van der Waals surface area contributed by atoms with Gasteiger partial charge in [0, 0.05) is 12.3 Å². The summed E-state index contributed by atoms with van der Waals surface area (Å²) >= 11 is 0. The zero-order valence-electron chi connectivity index (χ0n) is 8.89. The van der Waals surface area contributed by atoms with Crippen molar-refractivity contribution in [3.05, 3.63) is 28.6 Å². The van der Waals surface area contributed by atoms with Gasteiger partial charge in [0.15, 0.2) is 0 Å². The van der Waals surface area contributed by atoms with Crippen LogP contribution in [-0.2, 0) is 4.74 Å². The molecular formula is C9H14N2O6. The van der Waals surface area contributed by atoms with E-state index in [0.717, 1.165) is 0 Å². The van der Waals surface area contributed by atoms with Gasteiger partial charge in [-0.15, -0.1) is 0 Å². The molecule has 0 aromatic carbocycles. The van der Waals surface area contributed by atoms with E-state index >= 15 is 0 Å². The highest BCUT2D eigenvalue weighted by Crippen LogP contribution is 2.12. The molecule has 0 saturated carbocycles. The van der Waals surface area contributed by atoms with E-state index < -0.39 is 23.2 Å². The SMILES string of the molecule is O=[N+]([O-])c1cc[nH]c1.OC[C@H]1OC[C@H](O)[C@@H]1O. The first-order valence-corrected chi connectivity index (χ1v) is 4.92. The summed E-state index contributed by atoms with van der Waals surface area (Å²) in [4.78, 5) is 12.0. The number of nitrogens with one attached hydrogen (secondary N) is 1. The number of hydrogen-bond acceptors (Lipinski definition) is 6. The molecule has 8 nitrogen and oxygen atoms in total. The summed E-state index contributed by atoms with van der Waals surface area (Å²) in [6.07, 6.45) is 0.496. The molecule has 0 spiro atoms. The molecular weight excluding hydrogens is 232 g/mol. The maximum Gasteiger partial charge on any atom is 0.286 e. The lowest BCUT2D eigenvalue weighted by Crippen LogP contribution is -2.31. The highest BCUT2D eigenvalue weighted by molar-refractivity contribution is 5.23. The predicted octanol–water partition coefficient (Wildman–Crippen LogP) is -0.978. The van der Waals surface area contributed by atoms with Crippen LogP contribution in [0.15, 0.2) is 18.5 Å². The Bertz CT molecular complexity index is 341. The number of aromatic nitrogens is 1. The van der Waals surface area contributed by atoms with Crippen molar-refractivity contribution >= 4 is 5.69 Å². The Labute approximate surface area is 96.6 Å². The summed E-state index contributed by atoms with van der Waals surface area (Å²) in [6.45, 7) is -0.120. The van der Waals surface area contributed by atoms with Gasteiger partial charge < -0.3 is 25.0 Å². The van der Waals surface area contributed by atoms with E-state index in [2.05, 4.69) is 4.98 Å². The van der Waals surface area contributed by atoms with Gasteiger partial charge in [-0.1, -0.05) is 0 Å². The third kappa shape index (κ3) is 3.79. The molecule has 1 aromatic heterocycles. The molecule has 17 heavy (non-hydrogen) atoms. The Morgan fingerprint density at radius 2 is 2.29 bits per heavy atom.